The molecular formula is C22H28BNO4. The maximum atomic E-state index is 12.5. The first-order chi connectivity index (χ1) is 13.3. The summed E-state index contributed by atoms with van der Waals surface area (Å²) in [6, 6.07) is 10.1. The van der Waals surface area contributed by atoms with E-state index in [1.165, 1.54) is 6.42 Å². The number of hydrogen-bond acceptors (Lipinski definition) is 4. The van der Waals surface area contributed by atoms with Crippen molar-refractivity contribution in [1.82, 2.24) is 0 Å². The third-order valence-electron chi connectivity index (χ3n) is 8.47. The minimum Gasteiger partial charge on any atom is -0.596 e. The Hall–Kier alpha value is -2.08. The molecule has 5 aliphatic rings. The molecular weight excluding hydrogens is 353 g/mol. The molecule has 0 aromatic heterocycles. The number of fused-ring (bicyclic) bond motifs is 4. The zero-order valence-corrected chi connectivity index (χ0v) is 16.8. The summed E-state index contributed by atoms with van der Waals surface area (Å²) in [6.45, 7) is 5.34. The number of benzene rings is 1. The van der Waals surface area contributed by atoms with Crippen LogP contribution >= 0.6 is 0 Å². The fourth-order valence-electron chi connectivity index (χ4n) is 6.83. The number of carbonyl (C=O) groups is 2. The molecule has 4 atom stereocenters. The van der Waals surface area contributed by atoms with Crippen LogP contribution in [-0.4, -0.2) is 42.2 Å². The minimum absolute atomic E-state index is 0.218. The molecule has 6 heteroatoms. The van der Waals surface area contributed by atoms with Crippen LogP contribution in [-0.2, 0) is 18.9 Å². The predicted octanol–water partition coefficient (Wildman–Crippen LogP) is 3.18. The molecule has 2 bridgehead atoms. The summed E-state index contributed by atoms with van der Waals surface area (Å²) in [7, 11) is 0. The van der Waals surface area contributed by atoms with Crippen LogP contribution in [0.15, 0.2) is 36.3 Å². The van der Waals surface area contributed by atoms with Crippen LogP contribution < -0.4 is 0 Å². The van der Waals surface area contributed by atoms with Gasteiger partial charge in [-0.25, -0.2) is 0 Å². The minimum atomic E-state index is -2.16. The van der Waals surface area contributed by atoms with Crippen molar-refractivity contribution in [2.75, 3.05) is 13.1 Å². The summed E-state index contributed by atoms with van der Waals surface area (Å²) < 4.78 is 12.0. The van der Waals surface area contributed by atoms with E-state index in [2.05, 4.69) is 20.8 Å². The van der Waals surface area contributed by atoms with Gasteiger partial charge in [-0.1, -0.05) is 63.2 Å². The largest absolute Gasteiger partial charge is 0.608 e. The lowest BCUT2D eigenvalue weighted by atomic mass is 9.43. The molecule has 0 N–H and O–H groups in total. The van der Waals surface area contributed by atoms with Gasteiger partial charge in [0.1, 0.15) is 13.1 Å². The van der Waals surface area contributed by atoms with Crippen molar-refractivity contribution in [2.24, 2.45) is 23.2 Å². The van der Waals surface area contributed by atoms with Gasteiger partial charge in [0.05, 0.1) is 6.04 Å². The highest BCUT2D eigenvalue weighted by atomic mass is 16.7. The molecule has 5 fully saturated rings. The summed E-state index contributed by atoms with van der Waals surface area (Å²) in [6.07, 6.45) is 4.22. The Balaban J connectivity index is 1.55. The van der Waals surface area contributed by atoms with E-state index in [-0.39, 0.29) is 31.1 Å². The van der Waals surface area contributed by atoms with Crippen molar-refractivity contribution in [1.29, 1.82) is 0 Å². The number of carbonyl (C=O) groups excluding carboxylic acids is 2. The van der Waals surface area contributed by atoms with Crippen molar-refractivity contribution < 1.29 is 23.3 Å². The molecule has 2 heterocycles. The fraction of sp³-hybridized carbons (Fsp3) is 0.545. The summed E-state index contributed by atoms with van der Waals surface area (Å²) in [5, 5.41) is 0. The molecule has 3 saturated carbocycles. The van der Waals surface area contributed by atoms with E-state index >= 15 is 0 Å². The zero-order chi connectivity index (χ0) is 19.7. The lowest BCUT2D eigenvalue weighted by Gasteiger charge is -2.66. The lowest BCUT2D eigenvalue weighted by molar-refractivity contribution is -0.850. The molecule has 5 nitrogen and oxygen atoms in total. The molecule has 1 aromatic rings. The van der Waals surface area contributed by atoms with Gasteiger partial charge in [0, 0.05) is 5.92 Å². The SMILES string of the molecule is C[C@H]1C([N+]23CC(=O)O[B-]2(/C=C/c2ccccc2)OC(=O)C3)C[C@@H]2C[C@H]1C2(C)C. The van der Waals surface area contributed by atoms with Gasteiger partial charge in [-0.3, -0.25) is 9.59 Å². The van der Waals surface area contributed by atoms with Crippen molar-refractivity contribution in [3.05, 3.63) is 41.9 Å². The molecule has 0 spiro atoms. The van der Waals surface area contributed by atoms with Gasteiger partial charge in [0.2, 0.25) is 0 Å². The van der Waals surface area contributed by atoms with Crippen molar-refractivity contribution >= 4 is 24.7 Å². The van der Waals surface area contributed by atoms with E-state index < -0.39 is 6.69 Å². The van der Waals surface area contributed by atoms with E-state index in [0.717, 1.165) is 12.0 Å². The zero-order valence-electron chi connectivity index (χ0n) is 16.8. The standard InChI is InChI=1S/C22H28BNO4/c1-15-18-11-17(22(18,2)3)12-19(15)24-13-20(25)27-23(24,28-21(26)14-24)10-9-16-7-5-4-6-8-16/h4-10,15,17-19H,11-14H2,1-3H3/b10-9+/t15-,17+,18-,19?,23?,24?/m1/s1. The van der Waals surface area contributed by atoms with Crippen molar-refractivity contribution in [3.63, 3.8) is 0 Å². The van der Waals surface area contributed by atoms with E-state index in [4.69, 9.17) is 9.31 Å². The molecule has 148 valence electrons. The van der Waals surface area contributed by atoms with Crippen LogP contribution in [0.4, 0.5) is 0 Å². The first-order valence-corrected chi connectivity index (χ1v) is 10.5. The molecule has 28 heavy (non-hydrogen) atoms. The highest BCUT2D eigenvalue weighted by molar-refractivity contribution is 6.71. The maximum absolute atomic E-state index is 12.5. The normalized spacial score (nSPS) is 43.4. The third kappa shape index (κ3) is 2.24. The third-order valence-corrected chi connectivity index (χ3v) is 8.47. The van der Waals surface area contributed by atoms with Gasteiger partial charge in [-0.15, -0.1) is 0 Å². The lowest BCUT2D eigenvalue weighted by Crippen LogP contribution is -2.73. The molecule has 0 amide bonds. The van der Waals surface area contributed by atoms with E-state index in [1.54, 1.807) is 0 Å². The molecule has 0 radical (unpaired) electrons. The molecule has 1 unspecified atom stereocenters. The molecule has 2 saturated heterocycles. The number of hydrogen-bond donors (Lipinski definition) is 0. The van der Waals surface area contributed by atoms with Gasteiger partial charge < -0.3 is 13.7 Å². The van der Waals surface area contributed by atoms with Crippen LogP contribution in [0.1, 0.15) is 39.2 Å². The van der Waals surface area contributed by atoms with Crippen molar-refractivity contribution in [2.45, 2.75) is 39.7 Å². The van der Waals surface area contributed by atoms with Crippen LogP contribution in [0.3, 0.4) is 0 Å². The number of rotatable bonds is 3. The number of quaternary nitrogens is 1. The second kappa shape index (κ2) is 5.72. The average Bonchev–Trinajstić information content (AvgIpc) is 3.06. The fourth-order valence-corrected chi connectivity index (χ4v) is 6.83. The van der Waals surface area contributed by atoms with Crippen molar-refractivity contribution in [3.8, 4) is 0 Å². The number of nitrogens with zero attached hydrogens (tertiary/aromatic N) is 1. The summed E-state index contributed by atoms with van der Waals surface area (Å²) in [4.78, 5) is 25.0. The molecule has 1 aromatic carbocycles. The Labute approximate surface area is 166 Å². The quantitative estimate of drug-likeness (QED) is 0.755. The highest BCUT2D eigenvalue weighted by Gasteiger charge is 2.71. The van der Waals surface area contributed by atoms with Crippen LogP contribution in [0.5, 0.6) is 0 Å². The van der Waals surface area contributed by atoms with Gasteiger partial charge in [-0.05, 0) is 35.7 Å². The topological polar surface area (TPSA) is 52.6 Å². The Morgan fingerprint density at radius 3 is 2.29 bits per heavy atom. The van der Waals surface area contributed by atoms with Crippen LogP contribution in [0.2, 0.25) is 0 Å². The Kier molecular flexibility index (Phi) is 3.68. The van der Waals surface area contributed by atoms with E-state index in [9.17, 15) is 9.59 Å². The average molecular weight is 381 g/mol. The molecule has 2 aliphatic heterocycles. The Morgan fingerprint density at radius 2 is 1.71 bits per heavy atom. The van der Waals surface area contributed by atoms with Gasteiger partial charge in [0.15, 0.2) is 0 Å². The summed E-state index contributed by atoms with van der Waals surface area (Å²) in [5.41, 5.74) is 1.35. The second-order valence-corrected chi connectivity index (χ2v) is 9.92. The second-order valence-electron chi connectivity index (χ2n) is 9.92. The van der Waals surface area contributed by atoms with Crippen LogP contribution in [0, 0.1) is 23.2 Å². The van der Waals surface area contributed by atoms with Gasteiger partial charge in [0.25, 0.3) is 0 Å². The monoisotopic (exact) mass is 381 g/mol. The molecule has 3 aliphatic carbocycles. The summed E-state index contributed by atoms with van der Waals surface area (Å²) >= 11 is 0. The predicted molar refractivity (Wildman–Crippen MR) is 106 cm³/mol. The van der Waals surface area contributed by atoms with Gasteiger partial charge >= 0.3 is 18.6 Å². The van der Waals surface area contributed by atoms with Gasteiger partial charge in [-0.2, -0.15) is 0 Å². The van der Waals surface area contributed by atoms with E-state index in [0.29, 0.717) is 27.6 Å². The first kappa shape index (κ1) is 18.0. The smallest absolute Gasteiger partial charge is 0.596 e. The first-order valence-electron chi connectivity index (χ1n) is 10.5. The highest BCUT2D eigenvalue weighted by Crippen LogP contribution is 2.64. The maximum Gasteiger partial charge on any atom is 0.608 e. The Bertz CT molecular complexity index is 845. The molecule has 6 rings (SSSR count). The van der Waals surface area contributed by atoms with E-state index in [1.807, 2.05) is 42.4 Å². The summed E-state index contributed by atoms with van der Waals surface area (Å²) in [5.74, 6) is 3.05. The van der Waals surface area contributed by atoms with Crippen LogP contribution in [0.25, 0.3) is 6.08 Å². The Morgan fingerprint density at radius 1 is 1.07 bits per heavy atom.